The number of hydrogen-bond donors (Lipinski definition) is 0. The zero-order valence-corrected chi connectivity index (χ0v) is 18.8. The van der Waals surface area contributed by atoms with Crippen molar-refractivity contribution < 1.29 is 14.3 Å². The molecule has 5 nitrogen and oxygen atoms in total. The molecule has 2 aromatic rings. The van der Waals surface area contributed by atoms with Gasteiger partial charge in [0.25, 0.3) is 0 Å². The normalized spacial score (nSPS) is 21.6. The number of benzene rings is 2. The van der Waals surface area contributed by atoms with Gasteiger partial charge in [-0.15, -0.1) is 0 Å². The van der Waals surface area contributed by atoms with Crippen LogP contribution in [0.2, 0.25) is 0 Å². The van der Waals surface area contributed by atoms with Crippen molar-refractivity contribution in [1.82, 2.24) is 9.80 Å². The summed E-state index contributed by atoms with van der Waals surface area (Å²) in [4.78, 5) is 17.4. The molecule has 160 valence electrons. The summed E-state index contributed by atoms with van der Waals surface area (Å²) < 4.78 is 12.5. The van der Waals surface area contributed by atoms with Gasteiger partial charge in [0.1, 0.15) is 6.61 Å². The van der Waals surface area contributed by atoms with Crippen molar-refractivity contribution in [2.75, 3.05) is 46.0 Å². The molecule has 2 aliphatic rings. The van der Waals surface area contributed by atoms with E-state index < -0.39 is 0 Å². The third-order valence-electron chi connectivity index (χ3n) is 5.95. The second-order valence-corrected chi connectivity index (χ2v) is 8.80. The van der Waals surface area contributed by atoms with Gasteiger partial charge in [0.15, 0.2) is 0 Å². The van der Waals surface area contributed by atoms with Crippen LogP contribution in [0.25, 0.3) is 0 Å². The Hall–Kier alpha value is -1.73. The number of rotatable bonds is 7. The van der Waals surface area contributed by atoms with Gasteiger partial charge in [0, 0.05) is 37.1 Å². The van der Waals surface area contributed by atoms with Crippen LogP contribution >= 0.6 is 15.9 Å². The van der Waals surface area contributed by atoms with E-state index in [0.717, 1.165) is 50.2 Å². The minimum absolute atomic E-state index is 0.00370. The van der Waals surface area contributed by atoms with Gasteiger partial charge in [-0.3, -0.25) is 9.69 Å². The second-order valence-electron chi connectivity index (χ2n) is 7.94. The van der Waals surface area contributed by atoms with Crippen molar-refractivity contribution >= 4 is 21.8 Å². The van der Waals surface area contributed by atoms with E-state index in [0.29, 0.717) is 6.54 Å². The fourth-order valence-electron chi connectivity index (χ4n) is 4.29. The van der Waals surface area contributed by atoms with E-state index in [1.807, 2.05) is 23.1 Å². The van der Waals surface area contributed by atoms with Crippen LogP contribution in [0.5, 0.6) is 0 Å². The Morgan fingerprint density at radius 1 is 1.03 bits per heavy atom. The van der Waals surface area contributed by atoms with Gasteiger partial charge in [-0.1, -0.05) is 64.5 Å². The van der Waals surface area contributed by atoms with Crippen molar-refractivity contribution in [3.63, 3.8) is 0 Å². The summed E-state index contributed by atoms with van der Waals surface area (Å²) >= 11 is 3.63. The molecule has 0 N–H and O–H groups in total. The number of hydrogen-bond acceptors (Lipinski definition) is 4. The van der Waals surface area contributed by atoms with Crippen molar-refractivity contribution in [2.24, 2.45) is 0 Å². The molecule has 0 spiro atoms. The van der Waals surface area contributed by atoms with Gasteiger partial charge in [-0.25, -0.2) is 0 Å². The smallest absolute Gasteiger partial charge is 0.249 e. The van der Waals surface area contributed by atoms with Crippen molar-refractivity contribution in [1.29, 1.82) is 0 Å². The largest absolute Gasteiger partial charge is 0.379 e. The second kappa shape index (κ2) is 10.5. The van der Waals surface area contributed by atoms with Crippen molar-refractivity contribution in [2.45, 2.75) is 25.0 Å². The van der Waals surface area contributed by atoms with Crippen LogP contribution in [-0.4, -0.2) is 67.8 Å². The third kappa shape index (κ3) is 5.49. The van der Waals surface area contributed by atoms with Gasteiger partial charge >= 0.3 is 0 Å². The molecule has 0 saturated carbocycles. The molecule has 0 aromatic heterocycles. The minimum atomic E-state index is -0.00370. The van der Waals surface area contributed by atoms with E-state index in [4.69, 9.17) is 9.47 Å². The first-order valence-corrected chi connectivity index (χ1v) is 11.5. The Bertz CT molecular complexity index is 826. The summed E-state index contributed by atoms with van der Waals surface area (Å²) in [6.45, 7) is 5.23. The first kappa shape index (κ1) is 21.5. The number of amides is 1. The van der Waals surface area contributed by atoms with E-state index in [1.54, 1.807) is 0 Å². The fraction of sp³-hybridized carbons (Fsp3) is 0.458. The standard InChI is InChI=1S/C24H29BrN2O3/c25-22-9-5-4-8-20(22)16-21-17-27(24(28)18-30-21)23(19-6-2-1-3-7-19)10-11-26-12-14-29-15-13-26/h1-9,21,23H,10-18H2. The van der Waals surface area contributed by atoms with E-state index in [9.17, 15) is 4.79 Å². The minimum Gasteiger partial charge on any atom is -0.379 e. The number of ether oxygens (including phenoxy) is 2. The molecule has 2 atom stereocenters. The zero-order chi connectivity index (χ0) is 20.8. The number of carbonyl (C=O) groups excluding carboxylic acids is 1. The summed E-state index contributed by atoms with van der Waals surface area (Å²) in [5.74, 6) is 0.0780. The highest BCUT2D eigenvalue weighted by molar-refractivity contribution is 9.10. The van der Waals surface area contributed by atoms with Gasteiger partial charge in [0.05, 0.1) is 25.4 Å². The van der Waals surface area contributed by atoms with E-state index in [1.165, 1.54) is 11.1 Å². The van der Waals surface area contributed by atoms with Gasteiger partial charge < -0.3 is 14.4 Å². The van der Waals surface area contributed by atoms with E-state index in [2.05, 4.69) is 57.2 Å². The van der Waals surface area contributed by atoms with Crippen LogP contribution in [0.1, 0.15) is 23.6 Å². The molecule has 2 unspecified atom stereocenters. The van der Waals surface area contributed by atoms with Crippen LogP contribution in [0.4, 0.5) is 0 Å². The van der Waals surface area contributed by atoms with Gasteiger partial charge in [-0.05, 0) is 23.6 Å². The Morgan fingerprint density at radius 2 is 1.77 bits per heavy atom. The monoisotopic (exact) mass is 472 g/mol. The molecule has 2 saturated heterocycles. The first-order chi connectivity index (χ1) is 14.7. The molecule has 2 aliphatic heterocycles. The molecule has 4 rings (SSSR count). The lowest BCUT2D eigenvalue weighted by Crippen LogP contribution is -2.49. The molecule has 0 aliphatic carbocycles. The topological polar surface area (TPSA) is 42.0 Å². The van der Waals surface area contributed by atoms with Gasteiger partial charge in [0.2, 0.25) is 5.91 Å². The van der Waals surface area contributed by atoms with Crippen molar-refractivity contribution in [3.8, 4) is 0 Å². The van der Waals surface area contributed by atoms with E-state index in [-0.39, 0.29) is 24.7 Å². The lowest BCUT2D eigenvalue weighted by atomic mass is 9.99. The SMILES string of the molecule is O=C1COC(Cc2ccccc2Br)CN1C(CCN1CCOCC1)c1ccccc1. The quantitative estimate of drug-likeness (QED) is 0.616. The third-order valence-corrected chi connectivity index (χ3v) is 6.73. The molecule has 2 fully saturated rings. The predicted molar refractivity (Wildman–Crippen MR) is 120 cm³/mol. The van der Waals surface area contributed by atoms with E-state index >= 15 is 0 Å². The number of nitrogens with zero attached hydrogens (tertiary/aromatic N) is 2. The molecule has 6 heteroatoms. The Balaban J connectivity index is 1.48. The molecule has 2 aromatic carbocycles. The molecular weight excluding hydrogens is 444 g/mol. The maximum Gasteiger partial charge on any atom is 0.249 e. The Morgan fingerprint density at radius 3 is 2.53 bits per heavy atom. The Kier molecular flexibility index (Phi) is 7.55. The summed E-state index contributed by atoms with van der Waals surface area (Å²) in [5.41, 5.74) is 2.40. The molecule has 0 radical (unpaired) electrons. The fourth-order valence-corrected chi connectivity index (χ4v) is 4.73. The highest BCUT2D eigenvalue weighted by Gasteiger charge is 2.33. The lowest BCUT2D eigenvalue weighted by Gasteiger charge is -2.39. The number of carbonyl (C=O) groups is 1. The Labute approximate surface area is 187 Å². The number of halogens is 1. The molecule has 30 heavy (non-hydrogen) atoms. The summed E-state index contributed by atoms with van der Waals surface area (Å²) in [6.07, 6.45) is 1.70. The number of morpholine rings is 2. The molecule has 1 amide bonds. The molecular formula is C24H29BrN2O3. The maximum absolute atomic E-state index is 12.9. The highest BCUT2D eigenvalue weighted by atomic mass is 79.9. The van der Waals surface area contributed by atoms with Crippen LogP contribution in [0.15, 0.2) is 59.1 Å². The average molecular weight is 473 g/mol. The zero-order valence-electron chi connectivity index (χ0n) is 17.2. The van der Waals surface area contributed by atoms with Crippen LogP contribution in [-0.2, 0) is 20.7 Å². The average Bonchev–Trinajstić information content (AvgIpc) is 2.79. The van der Waals surface area contributed by atoms with Crippen LogP contribution in [0, 0.1) is 0 Å². The van der Waals surface area contributed by atoms with Crippen LogP contribution < -0.4 is 0 Å². The predicted octanol–water partition coefficient (Wildman–Crippen LogP) is 3.68. The summed E-state index contributed by atoms with van der Waals surface area (Å²) in [7, 11) is 0. The van der Waals surface area contributed by atoms with Gasteiger partial charge in [-0.2, -0.15) is 0 Å². The molecule has 2 heterocycles. The highest BCUT2D eigenvalue weighted by Crippen LogP contribution is 2.29. The van der Waals surface area contributed by atoms with Crippen LogP contribution in [0.3, 0.4) is 0 Å². The first-order valence-electron chi connectivity index (χ1n) is 10.7. The van der Waals surface area contributed by atoms with Crippen molar-refractivity contribution in [3.05, 3.63) is 70.2 Å². The lowest BCUT2D eigenvalue weighted by molar-refractivity contribution is -0.152. The summed E-state index contributed by atoms with van der Waals surface area (Å²) in [5, 5.41) is 0. The molecule has 0 bridgehead atoms. The maximum atomic E-state index is 12.9. The summed E-state index contributed by atoms with van der Waals surface area (Å²) in [6, 6.07) is 18.7.